The molecule has 25 heavy (non-hydrogen) atoms. The van der Waals surface area contributed by atoms with Gasteiger partial charge in [0.1, 0.15) is 18.7 Å². The summed E-state index contributed by atoms with van der Waals surface area (Å²) in [5.74, 6) is -0.768. The number of amides is 1. The van der Waals surface area contributed by atoms with Crippen LogP contribution in [-0.2, 0) is 4.79 Å². The van der Waals surface area contributed by atoms with Gasteiger partial charge in [-0.25, -0.2) is 4.79 Å². The molecule has 2 fully saturated rings. The molecular formula is C18H20N4O3. The fraction of sp³-hybridized carbons (Fsp3) is 0.444. The Morgan fingerprint density at radius 1 is 1.04 bits per heavy atom. The molecule has 2 aromatic rings. The second-order valence-electron chi connectivity index (χ2n) is 6.83. The molecule has 1 saturated heterocycles. The van der Waals surface area contributed by atoms with E-state index in [2.05, 4.69) is 10.2 Å². The summed E-state index contributed by atoms with van der Waals surface area (Å²) >= 11 is 0. The number of carboxylic acids is 1. The molecule has 7 nitrogen and oxygen atoms in total. The molecule has 4 rings (SSSR count). The first-order valence-corrected chi connectivity index (χ1v) is 8.65. The first kappa shape index (κ1) is 15.8. The van der Waals surface area contributed by atoms with E-state index >= 15 is 0 Å². The van der Waals surface area contributed by atoms with Crippen LogP contribution in [0.25, 0.3) is 5.69 Å². The first-order valence-electron chi connectivity index (χ1n) is 8.65. The van der Waals surface area contributed by atoms with Crippen LogP contribution < -0.4 is 0 Å². The van der Waals surface area contributed by atoms with Crippen molar-refractivity contribution >= 4 is 11.9 Å². The lowest BCUT2D eigenvalue weighted by Crippen LogP contribution is -2.46. The van der Waals surface area contributed by atoms with Gasteiger partial charge in [-0.2, -0.15) is 0 Å². The van der Waals surface area contributed by atoms with Gasteiger partial charge in [-0.1, -0.05) is 12.8 Å². The van der Waals surface area contributed by atoms with Gasteiger partial charge in [0, 0.05) is 17.3 Å². The molecule has 130 valence electrons. The van der Waals surface area contributed by atoms with Crippen molar-refractivity contribution in [2.75, 3.05) is 0 Å². The third-order valence-electron chi connectivity index (χ3n) is 5.44. The van der Waals surface area contributed by atoms with E-state index in [4.69, 9.17) is 0 Å². The molecule has 2 aliphatic rings. The average molecular weight is 340 g/mol. The van der Waals surface area contributed by atoms with Gasteiger partial charge in [0.05, 0.1) is 0 Å². The van der Waals surface area contributed by atoms with E-state index in [9.17, 15) is 14.7 Å². The Morgan fingerprint density at radius 2 is 1.72 bits per heavy atom. The number of hydrogen-bond donors (Lipinski definition) is 1. The van der Waals surface area contributed by atoms with Gasteiger partial charge >= 0.3 is 5.97 Å². The zero-order valence-corrected chi connectivity index (χ0v) is 13.8. The molecule has 1 N–H and O–H groups in total. The number of nitrogens with zero attached hydrogens (tertiary/aromatic N) is 4. The minimum Gasteiger partial charge on any atom is -0.480 e. The van der Waals surface area contributed by atoms with E-state index < -0.39 is 12.0 Å². The van der Waals surface area contributed by atoms with Crippen molar-refractivity contribution in [3.05, 3.63) is 42.5 Å². The highest BCUT2D eigenvalue weighted by Crippen LogP contribution is 2.40. The number of hydrogen-bond acceptors (Lipinski definition) is 4. The van der Waals surface area contributed by atoms with Crippen LogP contribution >= 0.6 is 0 Å². The Kier molecular flexibility index (Phi) is 3.99. The lowest BCUT2D eigenvalue weighted by molar-refractivity contribution is -0.141. The Bertz CT molecular complexity index is 772. The van der Waals surface area contributed by atoms with E-state index in [1.807, 2.05) is 12.1 Å². The van der Waals surface area contributed by atoms with Crippen LogP contribution in [0.5, 0.6) is 0 Å². The summed E-state index contributed by atoms with van der Waals surface area (Å²) in [7, 11) is 0. The Hall–Kier alpha value is -2.70. The van der Waals surface area contributed by atoms with E-state index in [1.165, 1.54) is 0 Å². The van der Waals surface area contributed by atoms with E-state index in [-0.39, 0.29) is 11.9 Å². The number of carbonyl (C=O) groups excluding carboxylic acids is 1. The molecule has 0 bridgehead atoms. The number of carboxylic acid groups (broad SMARTS) is 1. The summed E-state index contributed by atoms with van der Waals surface area (Å²) < 4.78 is 1.75. The average Bonchev–Trinajstić information content (AvgIpc) is 3.29. The molecule has 0 unspecified atom stereocenters. The monoisotopic (exact) mass is 340 g/mol. The summed E-state index contributed by atoms with van der Waals surface area (Å²) in [4.78, 5) is 26.4. The van der Waals surface area contributed by atoms with Crippen LogP contribution in [0.15, 0.2) is 36.9 Å². The number of carbonyl (C=O) groups is 2. The summed E-state index contributed by atoms with van der Waals surface area (Å²) in [5.41, 5.74) is 1.38. The molecule has 0 spiro atoms. The van der Waals surface area contributed by atoms with Gasteiger partial charge in [-0.15, -0.1) is 10.2 Å². The molecule has 0 radical (unpaired) electrons. The van der Waals surface area contributed by atoms with Crippen molar-refractivity contribution in [3.8, 4) is 5.69 Å². The van der Waals surface area contributed by atoms with E-state index in [1.54, 1.807) is 34.3 Å². The largest absolute Gasteiger partial charge is 0.480 e. The number of aliphatic carboxylic acids is 1. The fourth-order valence-corrected chi connectivity index (χ4v) is 4.23. The van der Waals surface area contributed by atoms with Gasteiger partial charge in [-0.05, 0) is 49.4 Å². The van der Waals surface area contributed by atoms with Crippen LogP contribution in [0.4, 0.5) is 0 Å². The van der Waals surface area contributed by atoms with Crippen LogP contribution in [0, 0.1) is 5.92 Å². The summed E-state index contributed by atoms with van der Waals surface area (Å²) in [6.07, 6.45) is 7.86. The SMILES string of the molecule is O=C(O)[C@@H]1C[C@H]2CCCC[C@H]2N1C(=O)c1ccc(-n2cnnc2)cc1. The van der Waals surface area contributed by atoms with Crippen molar-refractivity contribution < 1.29 is 14.7 Å². The molecule has 1 saturated carbocycles. The number of benzene rings is 1. The lowest BCUT2D eigenvalue weighted by atomic mass is 9.84. The molecule has 3 atom stereocenters. The predicted octanol–water partition coefficient (Wildman–Crippen LogP) is 2.13. The van der Waals surface area contributed by atoms with Crippen LogP contribution in [-0.4, -0.2) is 48.7 Å². The van der Waals surface area contributed by atoms with Crippen molar-refractivity contribution in [3.63, 3.8) is 0 Å². The standard InChI is InChI=1S/C18H20N4O3/c23-17(12-5-7-14(8-6-12)21-10-19-20-11-21)22-15-4-2-1-3-13(15)9-16(22)18(24)25/h5-8,10-11,13,15-16H,1-4,9H2,(H,24,25)/t13-,15-,16+/m1/s1. The molecule has 1 aliphatic heterocycles. The maximum atomic E-state index is 13.0. The minimum atomic E-state index is -0.899. The summed E-state index contributed by atoms with van der Waals surface area (Å²) in [6.45, 7) is 0. The number of fused-ring (bicyclic) bond motifs is 1. The van der Waals surface area contributed by atoms with Gasteiger partial charge in [0.15, 0.2) is 0 Å². The topological polar surface area (TPSA) is 88.3 Å². The van der Waals surface area contributed by atoms with Gasteiger partial charge < -0.3 is 10.0 Å². The van der Waals surface area contributed by atoms with E-state index in [0.717, 1.165) is 31.4 Å². The van der Waals surface area contributed by atoms with Crippen molar-refractivity contribution in [1.29, 1.82) is 0 Å². The molecule has 1 aromatic heterocycles. The fourth-order valence-electron chi connectivity index (χ4n) is 4.23. The second kappa shape index (κ2) is 6.31. The van der Waals surface area contributed by atoms with Crippen LogP contribution in [0.3, 0.4) is 0 Å². The van der Waals surface area contributed by atoms with Gasteiger partial charge in [0.25, 0.3) is 5.91 Å². The van der Waals surface area contributed by atoms with Crippen molar-refractivity contribution in [1.82, 2.24) is 19.7 Å². The zero-order chi connectivity index (χ0) is 17.4. The van der Waals surface area contributed by atoms with Gasteiger partial charge in [-0.3, -0.25) is 9.36 Å². The lowest BCUT2D eigenvalue weighted by Gasteiger charge is -2.33. The van der Waals surface area contributed by atoms with Crippen LogP contribution in [0.1, 0.15) is 42.5 Å². The minimum absolute atomic E-state index is 0.0554. The quantitative estimate of drug-likeness (QED) is 0.924. The van der Waals surface area contributed by atoms with Crippen LogP contribution in [0.2, 0.25) is 0 Å². The highest BCUT2D eigenvalue weighted by Gasteiger charge is 2.47. The van der Waals surface area contributed by atoms with Crippen molar-refractivity contribution in [2.45, 2.75) is 44.2 Å². The first-order chi connectivity index (χ1) is 12.1. The molecule has 7 heteroatoms. The molecule has 2 heterocycles. The third kappa shape index (κ3) is 2.79. The highest BCUT2D eigenvalue weighted by molar-refractivity contribution is 5.97. The maximum Gasteiger partial charge on any atom is 0.326 e. The number of aromatic nitrogens is 3. The maximum absolute atomic E-state index is 13.0. The smallest absolute Gasteiger partial charge is 0.326 e. The summed E-state index contributed by atoms with van der Waals surface area (Å²) in [6, 6.07) is 6.47. The summed E-state index contributed by atoms with van der Waals surface area (Å²) in [5, 5.41) is 17.1. The normalized spacial score (nSPS) is 25.6. The molecule has 1 amide bonds. The van der Waals surface area contributed by atoms with E-state index in [0.29, 0.717) is 17.9 Å². The third-order valence-corrected chi connectivity index (χ3v) is 5.44. The molecule has 1 aromatic carbocycles. The second-order valence-corrected chi connectivity index (χ2v) is 6.83. The predicted molar refractivity (Wildman–Crippen MR) is 89.3 cm³/mol. The number of rotatable bonds is 3. The Morgan fingerprint density at radius 3 is 2.40 bits per heavy atom. The Labute approximate surface area is 145 Å². The Balaban J connectivity index is 1.61. The number of likely N-dealkylation sites (tertiary alicyclic amines) is 1. The molecule has 1 aliphatic carbocycles. The highest BCUT2D eigenvalue weighted by atomic mass is 16.4. The van der Waals surface area contributed by atoms with Crippen molar-refractivity contribution in [2.24, 2.45) is 5.92 Å². The van der Waals surface area contributed by atoms with Gasteiger partial charge in [0.2, 0.25) is 0 Å². The molecular weight excluding hydrogens is 320 g/mol. The zero-order valence-electron chi connectivity index (χ0n) is 13.8.